The van der Waals surface area contributed by atoms with Crippen LogP contribution in [0, 0.1) is 22.7 Å². The van der Waals surface area contributed by atoms with Crippen LogP contribution in [0.5, 0.6) is 0 Å². The number of nitrogens with one attached hydrogen (secondary N) is 2. The van der Waals surface area contributed by atoms with Gasteiger partial charge in [0, 0.05) is 30.5 Å². The van der Waals surface area contributed by atoms with E-state index in [-0.39, 0.29) is 18.4 Å². The third-order valence-electron chi connectivity index (χ3n) is 6.69. The van der Waals surface area contributed by atoms with Gasteiger partial charge in [-0.15, -0.1) is 0 Å². The Morgan fingerprint density at radius 2 is 2.00 bits per heavy atom. The average molecular weight is 442 g/mol. The first-order valence-corrected chi connectivity index (χ1v) is 11.4. The zero-order valence-electron chi connectivity index (χ0n) is 18.4. The molecule has 1 fully saturated rings. The Balaban J connectivity index is 1.47. The first-order chi connectivity index (χ1) is 16.1. The zero-order valence-corrected chi connectivity index (χ0v) is 18.4. The maximum absolute atomic E-state index is 10.8. The van der Waals surface area contributed by atoms with Gasteiger partial charge in [-0.3, -0.25) is 10.6 Å². The molecule has 3 N–H and O–H groups in total. The van der Waals surface area contributed by atoms with E-state index in [4.69, 9.17) is 15.7 Å². The number of amidine groups is 1. The lowest BCUT2D eigenvalue weighted by Gasteiger charge is -2.30. The number of nitriles is 1. The molecule has 0 radical (unpaired) electrons. The molecule has 0 unspecified atom stereocenters. The summed E-state index contributed by atoms with van der Waals surface area (Å²) in [6.07, 6.45) is 8.55. The number of pyridine rings is 1. The van der Waals surface area contributed by atoms with Gasteiger partial charge in [-0.05, 0) is 43.2 Å². The molecule has 0 amide bonds. The summed E-state index contributed by atoms with van der Waals surface area (Å²) in [7, 11) is 0. The maximum Gasteiger partial charge on any atom is 0.139 e. The summed E-state index contributed by atoms with van der Waals surface area (Å²) in [4.78, 5) is 12.5. The van der Waals surface area contributed by atoms with E-state index in [1.54, 1.807) is 6.20 Å². The van der Waals surface area contributed by atoms with Crippen molar-refractivity contribution in [1.29, 1.82) is 10.7 Å². The third-order valence-corrected chi connectivity index (χ3v) is 6.69. The SMILES string of the molecule is N#CC[C@H]1CC[C@H](n2c(CN(O)C(=N)Cc3ccccc3)nc3cnc4[nH]ccc4c32)CC1. The number of imidazole rings is 1. The zero-order chi connectivity index (χ0) is 22.8. The van der Waals surface area contributed by atoms with E-state index in [1.807, 2.05) is 42.6 Å². The number of fused-ring (bicyclic) bond motifs is 3. The molecule has 1 aromatic carbocycles. The lowest BCUT2D eigenvalue weighted by atomic mass is 9.84. The topological polar surface area (TPSA) is 118 Å². The van der Waals surface area contributed by atoms with Crippen LogP contribution < -0.4 is 0 Å². The molecule has 0 saturated heterocycles. The highest BCUT2D eigenvalue weighted by Gasteiger charge is 2.27. The number of hydrogen-bond donors (Lipinski definition) is 3. The van der Waals surface area contributed by atoms with Crippen molar-refractivity contribution in [3.63, 3.8) is 0 Å². The van der Waals surface area contributed by atoms with Crippen molar-refractivity contribution >= 4 is 27.9 Å². The number of H-pyrrole nitrogens is 1. The van der Waals surface area contributed by atoms with Crippen LogP contribution in [0.25, 0.3) is 22.1 Å². The Kier molecular flexibility index (Phi) is 5.80. The van der Waals surface area contributed by atoms with Crippen molar-refractivity contribution in [3.05, 3.63) is 60.2 Å². The van der Waals surface area contributed by atoms with Gasteiger partial charge in [0.15, 0.2) is 0 Å². The fourth-order valence-corrected chi connectivity index (χ4v) is 4.99. The van der Waals surface area contributed by atoms with Crippen molar-refractivity contribution in [2.24, 2.45) is 5.92 Å². The second-order valence-electron chi connectivity index (χ2n) is 8.83. The molecule has 5 rings (SSSR count). The molecule has 0 spiro atoms. The van der Waals surface area contributed by atoms with Crippen LogP contribution in [0.3, 0.4) is 0 Å². The lowest BCUT2D eigenvalue weighted by Crippen LogP contribution is -2.30. The molecule has 33 heavy (non-hydrogen) atoms. The minimum atomic E-state index is 0.127. The Morgan fingerprint density at radius 3 is 2.76 bits per heavy atom. The summed E-state index contributed by atoms with van der Waals surface area (Å²) in [6, 6.07) is 14.3. The molecule has 0 atom stereocenters. The largest absolute Gasteiger partial charge is 0.346 e. The van der Waals surface area contributed by atoms with Gasteiger partial charge in [0.1, 0.15) is 29.4 Å². The summed E-state index contributed by atoms with van der Waals surface area (Å²) < 4.78 is 2.24. The first-order valence-electron chi connectivity index (χ1n) is 11.4. The monoisotopic (exact) mass is 441 g/mol. The van der Waals surface area contributed by atoms with E-state index in [0.717, 1.165) is 64.2 Å². The van der Waals surface area contributed by atoms with Crippen LogP contribution in [0.2, 0.25) is 0 Å². The van der Waals surface area contributed by atoms with E-state index < -0.39 is 0 Å². The molecule has 168 valence electrons. The molecule has 8 nitrogen and oxygen atoms in total. The minimum Gasteiger partial charge on any atom is -0.346 e. The van der Waals surface area contributed by atoms with E-state index >= 15 is 0 Å². The Bertz CT molecular complexity index is 1310. The second-order valence-corrected chi connectivity index (χ2v) is 8.83. The number of hydrogen-bond acceptors (Lipinski definition) is 5. The van der Waals surface area contributed by atoms with Crippen LogP contribution in [0.1, 0.15) is 49.5 Å². The van der Waals surface area contributed by atoms with Gasteiger partial charge in [0.2, 0.25) is 0 Å². The average Bonchev–Trinajstić information content (AvgIpc) is 3.44. The summed E-state index contributed by atoms with van der Waals surface area (Å²) in [5.41, 5.74) is 3.59. The van der Waals surface area contributed by atoms with Gasteiger partial charge >= 0.3 is 0 Å². The molecule has 3 heterocycles. The molecule has 1 aliphatic carbocycles. The highest BCUT2D eigenvalue weighted by Crippen LogP contribution is 2.38. The second kappa shape index (κ2) is 9.04. The summed E-state index contributed by atoms with van der Waals surface area (Å²) in [5.74, 6) is 1.30. The fourth-order valence-electron chi connectivity index (χ4n) is 4.99. The van der Waals surface area contributed by atoms with Crippen LogP contribution in [0.15, 0.2) is 48.8 Å². The van der Waals surface area contributed by atoms with Crippen molar-refractivity contribution in [2.75, 3.05) is 0 Å². The predicted molar refractivity (Wildman–Crippen MR) is 126 cm³/mol. The van der Waals surface area contributed by atoms with Crippen molar-refractivity contribution in [3.8, 4) is 6.07 Å². The normalized spacial score (nSPS) is 18.4. The van der Waals surface area contributed by atoms with Gasteiger partial charge in [0.05, 0.1) is 17.8 Å². The number of benzene rings is 1. The van der Waals surface area contributed by atoms with E-state index in [2.05, 4.69) is 20.6 Å². The molecule has 0 aliphatic heterocycles. The molecular formula is C25H27N7O. The van der Waals surface area contributed by atoms with E-state index in [1.165, 1.54) is 0 Å². The number of aromatic amines is 1. The molecular weight excluding hydrogens is 414 g/mol. The maximum atomic E-state index is 10.8. The van der Waals surface area contributed by atoms with Crippen molar-refractivity contribution < 1.29 is 5.21 Å². The number of rotatable bonds is 6. The molecule has 3 aromatic heterocycles. The number of hydroxylamine groups is 2. The minimum absolute atomic E-state index is 0.127. The third kappa shape index (κ3) is 4.20. The number of aromatic nitrogens is 4. The Morgan fingerprint density at radius 1 is 1.21 bits per heavy atom. The van der Waals surface area contributed by atoms with Crippen molar-refractivity contribution in [2.45, 2.75) is 51.1 Å². The Hall–Kier alpha value is -3.70. The quantitative estimate of drug-likeness (QED) is 0.222. The highest BCUT2D eigenvalue weighted by molar-refractivity contribution is 6.01. The van der Waals surface area contributed by atoms with Gasteiger partial charge < -0.3 is 9.55 Å². The summed E-state index contributed by atoms with van der Waals surface area (Å²) in [6.45, 7) is 0.129. The molecule has 1 aliphatic rings. The molecule has 1 saturated carbocycles. The van der Waals surface area contributed by atoms with Gasteiger partial charge in [0.25, 0.3) is 0 Å². The van der Waals surface area contributed by atoms with Gasteiger partial charge in [-0.1, -0.05) is 30.3 Å². The standard InChI is InChI=1S/C25H27N7O/c26-12-10-17-6-8-19(9-7-17)32-23(16-31(33)22(27)14-18-4-2-1-3-5-18)30-21-15-29-25-20(24(21)32)11-13-28-25/h1-5,11,13,15,17,19,27,33H,6-10,14,16H2,(H,28,29)/t17-,19-. The van der Waals surface area contributed by atoms with Gasteiger partial charge in [-0.2, -0.15) is 5.26 Å². The molecule has 0 bridgehead atoms. The highest BCUT2D eigenvalue weighted by atomic mass is 16.5. The van der Waals surface area contributed by atoms with Gasteiger partial charge in [-0.25, -0.2) is 15.0 Å². The number of nitrogens with zero attached hydrogens (tertiary/aromatic N) is 5. The first kappa shape index (κ1) is 21.2. The van der Waals surface area contributed by atoms with Crippen LogP contribution in [-0.2, 0) is 13.0 Å². The van der Waals surface area contributed by atoms with Crippen LogP contribution in [-0.4, -0.2) is 35.6 Å². The van der Waals surface area contributed by atoms with E-state index in [9.17, 15) is 5.21 Å². The van der Waals surface area contributed by atoms with Crippen LogP contribution in [0.4, 0.5) is 0 Å². The summed E-state index contributed by atoms with van der Waals surface area (Å²) >= 11 is 0. The fraction of sp³-hybridized carbons (Fsp3) is 0.360. The lowest BCUT2D eigenvalue weighted by molar-refractivity contribution is -0.0288. The summed E-state index contributed by atoms with van der Waals surface area (Å²) in [5, 5.41) is 30.2. The smallest absolute Gasteiger partial charge is 0.139 e. The van der Waals surface area contributed by atoms with E-state index in [0.29, 0.717) is 18.8 Å². The molecule has 4 aromatic rings. The predicted octanol–water partition coefficient (Wildman–Crippen LogP) is 4.97. The Labute approximate surface area is 192 Å². The van der Waals surface area contributed by atoms with Crippen LogP contribution >= 0.6 is 0 Å². The molecule has 8 heteroatoms. The van der Waals surface area contributed by atoms with Crippen molar-refractivity contribution in [1.82, 2.24) is 24.6 Å².